The van der Waals surface area contributed by atoms with E-state index in [1.54, 1.807) is 0 Å². The van der Waals surface area contributed by atoms with Gasteiger partial charge in [-0.15, -0.1) is 0 Å². The Kier molecular flexibility index (Phi) is 165. The molecule has 0 bridgehead atoms. The summed E-state index contributed by atoms with van der Waals surface area (Å²) in [4.78, 5) is 0. The van der Waals surface area contributed by atoms with Gasteiger partial charge < -0.3 is 0 Å². The molecule has 0 unspecified atom stereocenters. The van der Waals surface area contributed by atoms with Crippen LogP contribution in [-0.2, 0) is 0 Å². The van der Waals surface area contributed by atoms with E-state index in [4.69, 9.17) is 0 Å². The van der Waals surface area contributed by atoms with Gasteiger partial charge in [0.2, 0.25) is 0 Å². The van der Waals surface area contributed by atoms with Crippen molar-refractivity contribution in [3.05, 3.63) is 36.0 Å². The van der Waals surface area contributed by atoms with E-state index in [0.29, 0.717) is 0 Å². The second-order valence-electron chi connectivity index (χ2n) is 2.20. The lowest BCUT2D eigenvalue weighted by atomic mass is 10.3. The van der Waals surface area contributed by atoms with Crippen molar-refractivity contribution in [1.82, 2.24) is 0 Å². The molecule has 0 N–H and O–H groups in total. The highest BCUT2D eigenvalue weighted by Gasteiger charge is 1.69. The molecule has 0 rings (SSSR count). The minimum Gasteiger partial charge on any atom is -0.0919 e. The van der Waals surface area contributed by atoms with Crippen LogP contribution in [0.1, 0.15) is 90.0 Å². The number of rotatable bonds is 1. The first-order valence-electron chi connectivity index (χ1n) is 8.05. The quantitative estimate of drug-likeness (QED) is 0.333. The Morgan fingerprint density at radius 2 is 0.789 bits per heavy atom. The van der Waals surface area contributed by atoms with E-state index in [1.165, 1.54) is 5.57 Å². The van der Waals surface area contributed by atoms with Crippen molar-refractivity contribution >= 4 is 0 Å². The normalized spacial score (nSPS) is 8.16. The van der Waals surface area contributed by atoms with Gasteiger partial charge >= 0.3 is 0 Å². The largest absolute Gasteiger partial charge is 0.0919 e. The van der Waals surface area contributed by atoms with Gasteiger partial charge in [0.25, 0.3) is 0 Å². The maximum atomic E-state index is 2.08. The average molecular weight is 273 g/mol. The Morgan fingerprint density at radius 1 is 0.526 bits per heavy atom. The fourth-order valence-electron chi connectivity index (χ4n) is 0.359. The number of hydrogen-bond acceptors (Lipinski definition) is 0. The summed E-state index contributed by atoms with van der Waals surface area (Å²) in [5.41, 5.74) is 1.32. The van der Waals surface area contributed by atoms with Gasteiger partial charge in [0.05, 0.1) is 0 Å². The molecule has 0 aromatic heterocycles. The van der Waals surface area contributed by atoms with Crippen molar-refractivity contribution in [1.29, 1.82) is 0 Å². The van der Waals surface area contributed by atoms with Crippen LogP contribution in [0.2, 0.25) is 0 Å². The van der Waals surface area contributed by atoms with E-state index >= 15 is 0 Å². The molecule has 0 radical (unpaired) electrons. The molecule has 0 spiro atoms. The maximum Gasteiger partial charge on any atom is -0.0401 e. The van der Waals surface area contributed by atoms with Gasteiger partial charge in [0.15, 0.2) is 0 Å². The van der Waals surface area contributed by atoms with Crippen LogP contribution in [0.15, 0.2) is 36.0 Å². The summed E-state index contributed by atoms with van der Waals surface area (Å²) in [6.07, 6.45) is 10.2. The highest BCUT2D eigenvalue weighted by atomic mass is 13.8. The first-order valence-corrected chi connectivity index (χ1v) is 8.05. The lowest BCUT2D eigenvalue weighted by Gasteiger charge is -1.81. The fourth-order valence-corrected chi connectivity index (χ4v) is 0.359. The molecular weight excluding hydrogens is 228 g/mol. The number of hydrogen-bond donors (Lipinski definition) is 0. The van der Waals surface area contributed by atoms with Crippen molar-refractivity contribution in [3.63, 3.8) is 0 Å². The third kappa shape index (κ3) is 146. The highest BCUT2D eigenvalue weighted by Crippen LogP contribution is 1.91. The van der Waals surface area contributed by atoms with E-state index in [1.807, 2.05) is 101 Å². The molecule has 0 aromatic carbocycles. The molecule has 0 aromatic rings. The Labute approximate surface area is 126 Å². The molecule has 0 saturated heterocycles. The van der Waals surface area contributed by atoms with Gasteiger partial charge in [-0.05, 0) is 34.6 Å². The summed E-state index contributed by atoms with van der Waals surface area (Å²) in [5.74, 6) is 0. The highest BCUT2D eigenvalue weighted by molar-refractivity contribution is 5.13. The van der Waals surface area contributed by atoms with E-state index in [9.17, 15) is 0 Å². The zero-order valence-corrected chi connectivity index (χ0v) is 16.4. The monoisotopic (exact) mass is 272 g/mol. The predicted octanol–water partition coefficient (Wildman–Crippen LogP) is 8.22. The summed E-state index contributed by atoms with van der Waals surface area (Å²) in [7, 11) is 0. The molecule has 0 heteroatoms. The summed E-state index contributed by atoms with van der Waals surface area (Å²) < 4.78 is 0. The van der Waals surface area contributed by atoms with E-state index in [2.05, 4.69) is 19.1 Å². The lowest BCUT2D eigenvalue weighted by molar-refractivity contribution is 1.46. The molecular formula is C19H44. The predicted molar refractivity (Wildman–Crippen MR) is 100 cm³/mol. The third-order valence-corrected chi connectivity index (χ3v) is 1.22. The Hall–Kier alpha value is -0.780. The number of allylic oxidation sites excluding steroid dienone is 6. The topological polar surface area (TPSA) is 0 Å². The van der Waals surface area contributed by atoms with Crippen molar-refractivity contribution < 1.29 is 0 Å². The summed E-state index contributed by atoms with van der Waals surface area (Å²) in [6, 6.07) is 0. The Bertz CT molecular complexity index is 132. The van der Waals surface area contributed by atoms with E-state index in [0.717, 1.165) is 0 Å². The van der Waals surface area contributed by atoms with Crippen LogP contribution in [0.3, 0.4) is 0 Å². The Morgan fingerprint density at radius 3 is 0.842 bits per heavy atom. The second-order valence-corrected chi connectivity index (χ2v) is 2.20. The standard InChI is InChI=1S/C7H12.C4H8.4C2H6/c1-4-6-7(3)5-2;1-3-4-2;4*1-2/h4-6H,1-3H3;3-4H,1-2H3;4*1-2H3/b6-4-,7-5-;4-3-;;;;. The second kappa shape index (κ2) is 86.9. The van der Waals surface area contributed by atoms with Crippen molar-refractivity contribution in [2.75, 3.05) is 0 Å². The van der Waals surface area contributed by atoms with Gasteiger partial charge in [-0.1, -0.05) is 91.3 Å². The van der Waals surface area contributed by atoms with Gasteiger partial charge in [0.1, 0.15) is 0 Å². The molecule has 0 aliphatic rings. The first kappa shape index (κ1) is 36.2. The van der Waals surface area contributed by atoms with Crippen LogP contribution in [0.5, 0.6) is 0 Å². The molecule has 0 heterocycles. The first-order chi connectivity index (χ1) is 9.22. The lowest BCUT2D eigenvalue weighted by Crippen LogP contribution is -1.60. The van der Waals surface area contributed by atoms with Crippen LogP contribution < -0.4 is 0 Å². The zero-order chi connectivity index (χ0) is 17.1. The van der Waals surface area contributed by atoms with Crippen LogP contribution in [0.25, 0.3) is 0 Å². The summed E-state index contributed by atoms with van der Waals surface area (Å²) in [5, 5.41) is 0. The maximum absolute atomic E-state index is 2.08. The zero-order valence-electron chi connectivity index (χ0n) is 16.4. The molecule has 0 saturated carbocycles. The minimum absolute atomic E-state index is 1.32. The van der Waals surface area contributed by atoms with Crippen LogP contribution in [-0.4, -0.2) is 0 Å². The van der Waals surface area contributed by atoms with Crippen molar-refractivity contribution in [2.45, 2.75) is 90.0 Å². The molecule has 0 aliphatic carbocycles. The van der Waals surface area contributed by atoms with Gasteiger partial charge in [0, 0.05) is 0 Å². The minimum atomic E-state index is 1.32. The van der Waals surface area contributed by atoms with Gasteiger partial charge in [-0.25, -0.2) is 0 Å². The van der Waals surface area contributed by atoms with Gasteiger partial charge in [-0.3, -0.25) is 0 Å². The van der Waals surface area contributed by atoms with E-state index in [-0.39, 0.29) is 0 Å². The van der Waals surface area contributed by atoms with Crippen molar-refractivity contribution in [3.8, 4) is 0 Å². The molecule has 0 atom stereocenters. The third-order valence-electron chi connectivity index (χ3n) is 1.22. The average Bonchev–Trinajstić information content (AvgIpc) is 2.55. The van der Waals surface area contributed by atoms with Crippen LogP contribution in [0, 0.1) is 0 Å². The van der Waals surface area contributed by atoms with Gasteiger partial charge in [-0.2, -0.15) is 0 Å². The summed E-state index contributed by atoms with van der Waals surface area (Å²) >= 11 is 0. The molecule has 0 fully saturated rings. The Balaban J connectivity index is -0.0000000304. The fraction of sp³-hybridized carbons (Fsp3) is 0.684. The molecule has 19 heavy (non-hydrogen) atoms. The molecule has 0 amide bonds. The molecule has 0 nitrogen and oxygen atoms in total. The molecule has 120 valence electrons. The van der Waals surface area contributed by atoms with Crippen molar-refractivity contribution in [2.24, 2.45) is 0 Å². The van der Waals surface area contributed by atoms with Crippen LogP contribution in [0.4, 0.5) is 0 Å². The smallest absolute Gasteiger partial charge is 0.0401 e. The van der Waals surface area contributed by atoms with E-state index < -0.39 is 0 Å². The molecule has 0 aliphatic heterocycles. The summed E-state index contributed by atoms with van der Waals surface area (Å²) in [6.45, 7) is 26.1. The van der Waals surface area contributed by atoms with Crippen LogP contribution >= 0.6 is 0 Å². The SMILES string of the molecule is C/C=C\C.C/C=C\C(C)=C/C.CC.CC.CC.CC.